The van der Waals surface area contributed by atoms with Gasteiger partial charge in [0.15, 0.2) is 0 Å². The molecule has 0 fully saturated rings. The zero-order valence-electron chi connectivity index (χ0n) is 11.9. The first-order valence-electron chi connectivity index (χ1n) is 7.49. The van der Waals surface area contributed by atoms with Gasteiger partial charge in [0, 0.05) is 0 Å². The van der Waals surface area contributed by atoms with E-state index in [2.05, 4.69) is 27.7 Å². The Balaban J connectivity index is 2.99. The summed E-state index contributed by atoms with van der Waals surface area (Å²) in [6.45, 7) is 10.9. The van der Waals surface area contributed by atoms with Crippen LogP contribution in [0, 0.1) is 18.8 Å². The highest BCUT2D eigenvalue weighted by atomic mass is 14.0. The lowest BCUT2D eigenvalue weighted by Crippen LogP contribution is -1.91. The molecule has 0 aromatic rings. The Morgan fingerprint density at radius 1 is 0.750 bits per heavy atom. The molecular formula is C16H33. The van der Waals surface area contributed by atoms with Gasteiger partial charge in [-0.3, -0.25) is 0 Å². The van der Waals surface area contributed by atoms with Crippen LogP contribution in [-0.4, -0.2) is 0 Å². The van der Waals surface area contributed by atoms with Gasteiger partial charge >= 0.3 is 0 Å². The van der Waals surface area contributed by atoms with E-state index in [-0.39, 0.29) is 0 Å². The smallest absolute Gasteiger partial charge is 0.0443 e. The predicted molar refractivity (Wildman–Crippen MR) is 75.5 cm³/mol. The van der Waals surface area contributed by atoms with E-state index in [4.69, 9.17) is 0 Å². The molecule has 0 aliphatic rings. The fourth-order valence-corrected chi connectivity index (χ4v) is 2.07. The molecule has 0 rings (SSSR count). The van der Waals surface area contributed by atoms with E-state index in [1.165, 1.54) is 64.2 Å². The Kier molecular flexibility index (Phi) is 11.5. The minimum atomic E-state index is 0.649. The first-order valence-corrected chi connectivity index (χ1v) is 7.49. The third-order valence-corrected chi connectivity index (χ3v) is 3.59. The Labute approximate surface area is 104 Å². The van der Waals surface area contributed by atoms with Crippen molar-refractivity contribution in [2.45, 2.75) is 85.0 Å². The molecule has 0 nitrogen and oxygen atoms in total. The summed E-state index contributed by atoms with van der Waals surface area (Å²) in [5, 5.41) is 0. The second kappa shape index (κ2) is 11.5. The molecule has 0 spiro atoms. The maximum Gasteiger partial charge on any atom is -0.0443 e. The third kappa shape index (κ3) is 12.1. The lowest BCUT2D eigenvalue weighted by molar-refractivity contribution is 0.467. The summed E-state index contributed by atoms with van der Waals surface area (Å²) in [5.74, 6) is 1.59. The van der Waals surface area contributed by atoms with E-state index >= 15 is 0 Å². The zero-order valence-corrected chi connectivity index (χ0v) is 11.9. The molecule has 16 heavy (non-hydrogen) atoms. The molecule has 0 amide bonds. The fraction of sp³-hybridized carbons (Fsp3) is 0.938. The average Bonchev–Trinajstić information content (AvgIpc) is 2.26. The van der Waals surface area contributed by atoms with Gasteiger partial charge in [-0.25, -0.2) is 0 Å². The van der Waals surface area contributed by atoms with Crippen LogP contribution in [-0.2, 0) is 0 Å². The van der Waals surface area contributed by atoms with E-state index in [9.17, 15) is 0 Å². The van der Waals surface area contributed by atoms with E-state index in [1.807, 2.05) is 0 Å². The van der Waals surface area contributed by atoms with Crippen LogP contribution < -0.4 is 0 Å². The number of hydrogen-bond acceptors (Lipinski definition) is 0. The molecule has 0 aromatic heterocycles. The van der Waals surface area contributed by atoms with Crippen LogP contribution in [0.15, 0.2) is 0 Å². The monoisotopic (exact) mass is 225 g/mol. The molecular weight excluding hydrogens is 192 g/mol. The van der Waals surface area contributed by atoms with Gasteiger partial charge in [0.05, 0.1) is 0 Å². The van der Waals surface area contributed by atoms with Gasteiger partial charge < -0.3 is 0 Å². The summed E-state index contributed by atoms with van der Waals surface area (Å²) in [6.07, 6.45) is 14.2. The van der Waals surface area contributed by atoms with Crippen molar-refractivity contribution in [1.82, 2.24) is 0 Å². The van der Waals surface area contributed by atoms with Crippen LogP contribution in [0.3, 0.4) is 0 Å². The molecule has 0 aliphatic carbocycles. The van der Waals surface area contributed by atoms with Crippen molar-refractivity contribution in [3.63, 3.8) is 0 Å². The number of hydrogen-bond donors (Lipinski definition) is 0. The van der Waals surface area contributed by atoms with Crippen molar-refractivity contribution >= 4 is 0 Å². The Morgan fingerprint density at radius 3 is 1.62 bits per heavy atom. The molecule has 2 atom stereocenters. The van der Waals surface area contributed by atoms with Crippen molar-refractivity contribution in [1.29, 1.82) is 0 Å². The maximum absolute atomic E-state index is 4.02. The van der Waals surface area contributed by atoms with Gasteiger partial charge in [0.1, 0.15) is 0 Å². The van der Waals surface area contributed by atoms with Crippen LogP contribution in [0.4, 0.5) is 0 Å². The summed E-state index contributed by atoms with van der Waals surface area (Å²) >= 11 is 0. The molecule has 0 aromatic carbocycles. The van der Waals surface area contributed by atoms with Crippen molar-refractivity contribution < 1.29 is 0 Å². The third-order valence-electron chi connectivity index (χ3n) is 3.59. The summed E-state index contributed by atoms with van der Waals surface area (Å²) < 4.78 is 0. The van der Waals surface area contributed by atoms with Gasteiger partial charge in [-0.1, -0.05) is 91.9 Å². The highest BCUT2D eigenvalue weighted by Gasteiger charge is 1.98. The quantitative estimate of drug-likeness (QED) is 0.377. The van der Waals surface area contributed by atoms with Crippen LogP contribution in [0.5, 0.6) is 0 Å². The molecule has 0 saturated heterocycles. The van der Waals surface area contributed by atoms with Crippen LogP contribution >= 0.6 is 0 Å². The maximum atomic E-state index is 4.02. The molecule has 0 saturated carbocycles. The first kappa shape index (κ1) is 16.0. The SMILES string of the molecule is [CH2]C(C)CCCCCCCCCC(C)CC. The van der Waals surface area contributed by atoms with Crippen LogP contribution in [0.25, 0.3) is 0 Å². The lowest BCUT2D eigenvalue weighted by Gasteiger charge is -2.07. The highest BCUT2D eigenvalue weighted by Crippen LogP contribution is 2.15. The van der Waals surface area contributed by atoms with E-state index in [0.717, 1.165) is 5.92 Å². The largest absolute Gasteiger partial charge is 0.0651 e. The van der Waals surface area contributed by atoms with E-state index in [1.54, 1.807) is 0 Å². The second-order valence-corrected chi connectivity index (χ2v) is 5.67. The van der Waals surface area contributed by atoms with Gasteiger partial charge in [-0.15, -0.1) is 0 Å². The minimum Gasteiger partial charge on any atom is -0.0651 e. The first-order chi connectivity index (χ1) is 7.66. The average molecular weight is 225 g/mol. The van der Waals surface area contributed by atoms with Crippen LogP contribution in [0.2, 0.25) is 0 Å². The topological polar surface area (TPSA) is 0 Å². The predicted octanol–water partition coefficient (Wildman–Crippen LogP) is 6.01. The molecule has 0 N–H and O–H groups in total. The lowest BCUT2D eigenvalue weighted by atomic mass is 9.99. The number of rotatable bonds is 11. The van der Waals surface area contributed by atoms with E-state index in [0.29, 0.717) is 5.92 Å². The Bertz CT molecular complexity index is 126. The highest BCUT2D eigenvalue weighted by molar-refractivity contribution is 4.55. The minimum absolute atomic E-state index is 0.649. The van der Waals surface area contributed by atoms with Gasteiger partial charge in [0.2, 0.25) is 0 Å². The summed E-state index contributed by atoms with van der Waals surface area (Å²) in [4.78, 5) is 0. The zero-order chi connectivity index (χ0) is 12.2. The Hall–Kier alpha value is 0. The van der Waals surface area contributed by atoms with Gasteiger partial charge in [-0.05, 0) is 11.8 Å². The fourth-order valence-electron chi connectivity index (χ4n) is 2.07. The molecule has 0 aliphatic heterocycles. The molecule has 2 unspecified atom stereocenters. The molecule has 0 heterocycles. The molecule has 97 valence electrons. The van der Waals surface area contributed by atoms with Crippen LogP contribution in [0.1, 0.15) is 85.0 Å². The van der Waals surface area contributed by atoms with Gasteiger partial charge in [0.25, 0.3) is 0 Å². The van der Waals surface area contributed by atoms with Crippen molar-refractivity contribution in [3.8, 4) is 0 Å². The molecule has 1 radical (unpaired) electrons. The summed E-state index contributed by atoms with van der Waals surface area (Å²) in [5.41, 5.74) is 0. The normalized spacial score (nSPS) is 13.3. The standard InChI is InChI=1S/C16H33/c1-5-16(4)14-12-10-8-6-7-9-11-13-15(2)3/h15-16H,2,5-14H2,1,3-4H3. The second-order valence-electron chi connectivity index (χ2n) is 5.67. The van der Waals surface area contributed by atoms with Crippen molar-refractivity contribution in [2.75, 3.05) is 0 Å². The molecule has 0 heteroatoms. The summed E-state index contributed by atoms with van der Waals surface area (Å²) in [7, 11) is 0. The van der Waals surface area contributed by atoms with Crippen molar-refractivity contribution in [3.05, 3.63) is 6.92 Å². The Morgan fingerprint density at radius 2 is 1.19 bits per heavy atom. The van der Waals surface area contributed by atoms with Crippen molar-refractivity contribution in [2.24, 2.45) is 11.8 Å². The van der Waals surface area contributed by atoms with Gasteiger partial charge in [-0.2, -0.15) is 0 Å². The molecule has 0 bridgehead atoms. The number of unbranched alkanes of at least 4 members (excludes halogenated alkanes) is 6. The summed E-state index contributed by atoms with van der Waals surface area (Å²) in [6, 6.07) is 0. The van der Waals surface area contributed by atoms with E-state index < -0.39 is 0 Å².